The molecule has 1 amide bonds. The van der Waals surface area contributed by atoms with Gasteiger partial charge in [-0.05, 0) is 49.6 Å². The maximum Gasteiger partial charge on any atom is 0.251 e. The van der Waals surface area contributed by atoms with Gasteiger partial charge in [0.05, 0.1) is 29.8 Å². The van der Waals surface area contributed by atoms with Crippen molar-refractivity contribution >= 4 is 15.9 Å². The molecule has 0 aliphatic carbocycles. The molecule has 32 heavy (non-hydrogen) atoms. The highest BCUT2D eigenvalue weighted by Gasteiger charge is 2.33. The Labute approximate surface area is 186 Å². The molecule has 1 saturated heterocycles. The van der Waals surface area contributed by atoms with Gasteiger partial charge in [0, 0.05) is 12.1 Å². The van der Waals surface area contributed by atoms with Gasteiger partial charge >= 0.3 is 0 Å². The molecule has 0 radical (unpaired) electrons. The van der Waals surface area contributed by atoms with Crippen LogP contribution in [0.2, 0.25) is 0 Å². The third kappa shape index (κ3) is 5.21. The lowest BCUT2D eigenvalue weighted by molar-refractivity contribution is -0.0871. The van der Waals surface area contributed by atoms with E-state index in [1.165, 1.54) is 12.1 Å². The molecular formula is C22H26N2O7S. The number of nitrogens with one attached hydrogen (secondary N) is 2. The molecule has 3 atom stereocenters. The Morgan fingerprint density at radius 3 is 2.62 bits per heavy atom. The van der Waals surface area contributed by atoms with Crippen LogP contribution in [0.4, 0.5) is 0 Å². The minimum Gasteiger partial charge on any atom is -0.454 e. The number of rotatable bonds is 8. The van der Waals surface area contributed by atoms with Crippen molar-refractivity contribution in [2.24, 2.45) is 0 Å². The van der Waals surface area contributed by atoms with Crippen LogP contribution in [0.25, 0.3) is 0 Å². The summed E-state index contributed by atoms with van der Waals surface area (Å²) in [6.07, 6.45) is 0.833. The zero-order valence-corrected chi connectivity index (χ0v) is 18.2. The predicted octanol–water partition coefficient (Wildman–Crippen LogP) is 1.42. The SMILES string of the molecule is O=C(NCC[C@H]1CC[C@@H](NS(=O)(=O)c2ccccc2)[C@@H](CO)O1)c1ccc2c(c1)OCO2. The topological polar surface area (TPSA) is 123 Å². The van der Waals surface area contributed by atoms with Crippen LogP contribution in [0.15, 0.2) is 53.4 Å². The number of aliphatic hydroxyl groups excluding tert-OH is 1. The van der Waals surface area contributed by atoms with Crippen LogP contribution in [0.5, 0.6) is 11.5 Å². The van der Waals surface area contributed by atoms with Crippen LogP contribution in [0.3, 0.4) is 0 Å². The van der Waals surface area contributed by atoms with E-state index in [1.54, 1.807) is 36.4 Å². The first-order valence-corrected chi connectivity index (χ1v) is 12.0. The van der Waals surface area contributed by atoms with Crippen LogP contribution in [0.1, 0.15) is 29.6 Å². The minimum atomic E-state index is -3.70. The molecule has 1 fully saturated rings. The quantitative estimate of drug-likeness (QED) is 0.542. The van der Waals surface area contributed by atoms with Gasteiger partial charge in [-0.15, -0.1) is 0 Å². The Hall–Kier alpha value is -2.66. The Kier molecular flexibility index (Phi) is 6.95. The molecular weight excluding hydrogens is 436 g/mol. The van der Waals surface area contributed by atoms with Gasteiger partial charge in [0.25, 0.3) is 5.91 Å². The summed E-state index contributed by atoms with van der Waals surface area (Å²) in [5.41, 5.74) is 0.474. The van der Waals surface area contributed by atoms with Crippen molar-refractivity contribution in [3.63, 3.8) is 0 Å². The zero-order valence-electron chi connectivity index (χ0n) is 17.4. The summed E-state index contributed by atoms with van der Waals surface area (Å²) in [7, 11) is -3.70. The van der Waals surface area contributed by atoms with Crippen LogP contribution >= 0.6 is 0 Å². The molecule has 0 bridgehead atoms. The van der Waals surface area contributed by atoms with Crippen LogP contribution < -0.4 is 19.5 Å². The highest BCUT2D eigenvalue weighted by Crippen LogP contribution is 2.32. The molecule has 0 aromatic heterocycles. The highest BCUT2D eigenvalue weighted by atomic mass is 32.2. The number of carbonyl (C=O) groups is 1. The third-order valence-corrected chi connectivity index (χ3v) is 7.05. The standard InChI is InChI=1S/C22H26N2O7S/c25-13-21-18(24-32(27,28)17-4-2-1-3-5-17)8-7-16(31-21)10-11-23-22(26)15-6-9-19-20(12-15)30-14-29-19/h1-6,9,12,16,18,21,24-25H,7-8,10-11,13-14H2,(H,23,26)/t16-,18-,21-/m1/s1. The first-order valence-electron chi connectivity index (χ1n) is 10.5. The highest BCUT2D eigenvalue weighted by molar-refractivity contribution is 7.89. The first kappa shape index (κ1) is 22.5. The maximum atomic E-state index is 12.6. The summed E-state index contributed by atoms with van der Waals surface area (Å²) in [4.78, 5) is 12.6. The summed E-state index contributed by atoms with van der Waals surface area (Å²) in [5.74, 6) is 0.930. The molecule has 2 aromatic carbocycles. The van der Waals surface area contributed by atoms with E-state index in [4.69, 9.17) is 14.2 Å². The van der Waals surface area contributed by atoms with E-state index in [9.17, 15) is 18.3 Å². The molecule has 0 spiro atoms. The molecule has 0 unspecified atom stereocenters. The summed E-state index contributed by atoms with van der Waals surface area (Å²) >= 11 is 0. The molecule has 10 heteroatoms. The average molecular weight is 463 g/mol. The van der Waals surface area contributed by atoms with Crippen LogP contribution in [0, 0.1) is 0 Å². The fourth-order valence-electron chi connectivity index (χ4n) is 3.83. The second-order valence-electron chi connectivity index (χ2n) is 7.71. The van der Waals surface area contributed by atoms with Gasteiger partial charge in [0.2, 0.25) is 16.8 Å². The second-order valence-corrected chi connectivity index (χ2v) is 9.42. The third-order valence-electron chi connectivity index (χ3n) is 5.54. The summed E-state index contributed by atoms with van der Waals surface area (Å²) in [6, 6.07) is 12.6. The van der Waals surface area contributed by atoms with Crippen molar-refractivity contribution < 1.29 is 32.5 Å². The van der Waals surface area contributed by atoms with Gasteiger partial charge in [-0.25, -0.2) is 13.1 Å². The van der Waals surface area contributed by atoms with Crippen molar-refractivity contribution in [2.75, 3.05) is 19.9 Å². The number of ether oxygens (including phenoxy) is 3. The molecule has 172 valence electrons. The number of fused-ring (bicyclic) bond motifs is 1. The number of hydrogen-bond donors (Lipinski definition) is 3. The molecule has 2 aliphatic rings. The number of sulfonamides is 1. The molecule has 9 nitrogen and oxygen atoms in total. The van der Waals surface area contributed by atoms with E-state index >= 15 is 0 Å². The predicted molar refractivity (Wildman–Crippen MR) is 115 cm³/mol. The van der Waals surface area contributed by atoms with Gasteiger partial charge < -0.3 is 24.6 Å². The lowest BCUT2D eigenvalue weighted by atomic mass is 9.98. The molecule has 2 aliphatic heterocycles. The second kappa shape index (κ2) is 9.86. The Bertz CT molecular complexity index is 1050. The molecule has 3 N–H and O–H groups in total. The van der Waals surface area contributed by atoms with E-state index in [1.807, 2.05) is 0 Å². The average Bonchev–Trinajstić information content (AvgIpc) is 3.28. The van der Waals surface area contributed by atoms with Crippen LogP contribution in [-0.2, 0) is 14.8 Å². The molecule has 2 heterocycles. The lowest BCUT2D eigenvalue weighted by Gasteiger charge is -2.36. The van der Waals surface area contributed by atoms with Gasteiger partial charge in [0.1, 0.15) is 0 Å². The van der Waals surface area contributed by atoms with Gasteiger partial charge in [0.15, 0.2) is 11.5 Å². The fourth-order valence-corrected chi connectivity index (χ4v) is 5.15. The van der Waals surface area contributed by atoms with Gasteiger partial charge in [-0.3, -0.25) is 4.79 Å². The normalized spacial score (nSPS) is 22.5. The number of hydrogen-bond acceptors (Lipinski definition) is 7. The Balaban J connectivity index is 1.26. The largest absolute Gasteiger partial charge is 0.454 e. The molecule has 2 aromatic rings. The first-order chi connectivity index (χ1) is 15.5. The zero-order chi connectivity index (χ0) is 22.6. The van der Waals surface area contributed by atoms with Crippen molar-refractivity contribution in [3.05, 3.63) is 54.1 Å². The van der Waals surface area contributed by atoms with Crippen molar-refractivity contribution in [1.82, 2.24) is 10.0 Å². The fraction of sp³-hybridized carbons (Fsp3) is 0.409. The molecule has 0 saturated carbocycles. The van der Waals surface area contributed by atoms with Gasteiger partial charge in [-0.2, -0.15) is 0 Å². The summed E-state index contributed by atoms with van der Waals surface area (Å²) in [5, 5.41) is 12.6. The lowest BCUT2D eigenvalue weighted by Crippen LogP contribution is -2.51. The van der Waals surface area contributed by atoms with Crippen molar-refractivity contribution in [1.29, 1.82) is 0 Å². The van der Waals surface area contributed by atoms with E-state index in [2.05, 4.69) is 10.0 Å². The summed E-state index contributed by atoms with van der Waals surface area (Å²) in [6.45, 7) is 0.229. The monoisotopic (exact) mass is 462 g/mol. The van der Waals surface area contributed by atoms with Crippen LogP contribution in [-0.4, -0.2) is 57.6 Å². The maximum absolute atomic E-state index is 12.6. The van der Waals surface area contributed by atoms with Crippen molar-refractivity contribution in [3.8, 4) is 11.5 Å². The number of benzene rings is 2. The number of carbonyl (C=O) groups excluding carboxylic acids is 1. The van der Waals surface area contributed by atoms with E-state index < -0.39 is 22.2 Å². The summed E-state index contributed by atoms with van der Waals surface area (Å²) < 4.78 is 44.3. The smallest absolute Gasteiger partial charge is 0.251 e. The van der Waals surface area contributed by atoms with E-state index in [0.717, 1.165) is 0 Å². The minimum absolute atomic E-state index is 0.147. The Morgan fingerprint density at radius 1 is 1.06 bits per heavy atom. The number of amides is 1. The van der Waals surface area contributed by atoms with Gasteiger partial charge in [-0.1, -0.05) is 18.2 Å². The van der Waals surface area contributed by atoms with E-state index in [0.29, 0.717) is 42.9 Å². The number of aliphatic hydroxyl groups is 1. The molecule has 4 rings (SSSR count). The Morgan fingerprint density at radius 2 is 1.84 bits per heavy atom. The van der Waals surface area contributed by atoms with E-state index in [-0.39, 0.29) is 30.3 Å². The van der Waals surface area contributed by atoms with Crippen molar-refractivity contribution in [2.45, 2.75) is 42.4 Å².